The quantitative estimate of drug-likeness (QED) is 0.591. The first-order valence-corrected chi connectivity index (χ1v) is 7.34. The van der Waals surface area contributed by atoms with Crippen molar-refractivity contribution in [1.29, 1.82) is 0 Å². The van der Waals surface area contributed by atoms with Gasteiger partial charge in [-0.3, -0.25) is 0 Å². The van der Waals surface area contributed by atoms with Crippen molar-refractivity contribution in [2.24, 2.45) is 10.7 Å². The van der Waals surface area contributed by atoms with Gasteiger partial charge in [-0.2, -0.15) is 8.78 Å². The molecule has 3 N–H and O–H groups in total. The van der Waals surface area contributed by atoms with Gasteiger partial charge in [-0.25, -0.2) is 4.99 Å². The molecule has 0 amide bonds. The molecule has 0 saturated carbocycles. The number of anilines is 1. The minimum Gasteiger partial charge on any atom is -0.493 e. The highest BCUT2D eigenvalue weighted by molar-refractivity contribution is 5.92. The zero-order chi connectivity index (χ0) is 18.2. The summed E-state index contributed by atoms with van der Waals surface area (Å²) in [4.78, 5) is 4.18. The average molecular weight is 351 g/mol. The Balaban J connectivity index is 2.02. The fourth-order valence-corrected chi connectivity index (χ4v) is 2.10. The normalized spacial score (nSPS) is 11.3. The average Bonchev–Trinajstić information content (AvgIpc) is 2.59. The number of hydrogen-bond acceptors (Lipinski definition) is 4. The summed E-state index contributed by atoms with van der Waals surface area (Å²) in [6.07, 6.45) is 0. The van der Waals surface area contributed by atoms with Crippen molar-refractivity contribution in [2.45, 2.75) is 13.2 Å². The number of ether oxygens (including phenoxy) is 3. The summed E-state index contributed by atoms with van der Waals surface area (Å²) in [6, 6.07) is 11.5. The van der Waals surface area contributed by atoms with Gasteiger partial charge in [0.2, 0.25) is 0 Å². The van der Waals surface area contributed by atoms with Crippen LogP contribution in [0.4, 0.5) is 14.5 Å². The van der Waals surface area contributed by atoms with Gasteiger partial charge in [-0.05, 0) is 29.8 Å². The number of nitrogens with one attached hydrogen (secondary N) is 1. The van der Waals surface area contributed by atoms with Crippen LogP contribution in [0.1, 0.15) is 5.56 Å². The molecule has 0 aliphatic heterocycles. The Morgan fingerprint density at radius 1 is 1.12 bits per heavy atom. The summed E-state index contributed by atoms with van der Waals surface area (Å²) >= 11 is 0. The fourth-order valence-electron chi connectivity index (χ4n) is 2.10. The predicted octanol–water partition coefficient (Wildman–Crippen LogP) is 3.23. The third kappa shape index (κ3) is 5.52. The van der Waals surface area contributed by atoms with Crippen LogP contribution in [-0.2, 0) is 6.54 Å². The van der Waals surface area contributed by atoms with Crippen molar-refractivity contribution in [3.63, 3.8) is 0 Å². The first-order chi connectivity index (χ1) is 12.0. The number of alkyl halides is 2. The maximum atomic E-state index is 12.2. The lowest BCUT2D eigenvalue weighted by Crippen LogP contribution is -2.22. The number of methoxy groups -OCH3 is 2. The number of rotatable bonds is 7. The zero-order valence-corrected chi connectivity index (χ0v) is 13.8. The van der Waals surface area contributed by atoms with Gasteiger partial charge in [0.25, 0.3) is 0 Å². The molecule has 2 aromatic carbocycles. The first-order valence-electron chi connectivity index (χ1n) is 7.34. The largest absolute Gasteiger partial charge is 0.493 e. The molecule has 0 aliphatic carbocycles. The molecule has 8 heteroatoms. The number of guanidine groups is 1. The molecular formula is C17H19F2N3O3. The van der Waals surface area contributed by atoms with Crippen LogP contribution in [0.15, 0.2) is 47.5 Å². The minimum atomic E-state index is -2.87. The predicted molar refractivity (Wildman–Crippen MR) is 91.6 cm³/mol. The van der Waals surface area contributed by atoms with Gasteiger partial charge in [0.15, 0.2) is 17.5 Å². The van der Waals surface area contributed by atoms with Crippen LogP contribution in [-0.4, -0.2) is 26.8 Å². The lowest BCUT2D eigenvalue weighted by Gasteiger charge is -2.11. The van der Waals surface area contributed by atoms with Crippen LogP contribution in [0.3, 0.4) is 0 Å². The Morgan fingerprint density at radius 2 is 1.88 bits per heavy atom. The highest BCUT2D eigenvalue weighted by Crippen LogP contribution is 2.29. The van der Waals surface area contributed by atoms with Gasteiger partial charge >= 0.3 is 6.61 Å². The molecule has 0 bridgehead atoms. The Hall–Kier alpha value is -3.03. The van der Waals surface area contributed by atoms with Gasteiger partial charge in [-0.15, -0.1) is 0 Å². The van der Waals surface area contributed by atoms with Crippen LogP contribution in [0.5, 0.6) is 17.2 Å². The van der Waals surface area contributed by atoms with Crippen molar-refractivity contribution in [3.8, 4) is 17.2 Å². The Kier molecular flexibility index (Phi) is 6.39. The van der Waals surface area contributed by atoms with Crippen LogP contribution < -0.4 is 25.3 Å². The molecule has 134 valence electrons. The molecular weight excluding hydrogens is 332 g/mol. The van der Waals surface area contributed by atoms with Gasteiger partial charge in [0.05, 0.1) is 20.8 Å². The molecule has 0 aromatic heterocycles. The number of benzene rings is 2. The van der Waals surface area contributed by atoms with E-state index in [1.807, 2.05) is 0 Å². The number of hydrogen-bond donors (Lipinski definition) is 2. The summed E-state index contributed by atoms with van der Waals surface area (Å²) in [5, 5.41) is 2.93. The van der Waals surface area contributed by atoms with Crippen LogP contribution >= 0.6 is 0 Å². The zero-order valence-electron chi connectivity index (χ0n) is 13.8. The van der Waals surface area contributed by atoms with Gasteiger partial charge < -0.3 is 25.3 Å². The van der Waals surface area contributed by atoms with Crippen molar-refractivity contribution >= 4 is 11.6 Å². The third-order valence-electron chi connectivity index (χ3n) is 3.21. The van der Waals surface area contributed by atoms with E-state index in [4.69, 9.17) is 15.2 Å². The van der Waals surface area contributed by atoms with Crippen molar-refractivity contribution < 1.29 is 23.0 Å². The fraction of sp³-hybridized carbons (Fsp3) is 0.235. The SMILES string of the molecule is COc1ccc(NC(N)=NCc2cccc(OC(F)F)c2)cc1OC. The summed E-state index contributed by atoms with van der Waals surface area (Å²) in [5.41, 5.74) is 7.21. The van der Waals surface area contributed by atoms with E-state index >= 15 is 0 Å². The Labute approximate surface area is 144 Å². The maximum absolute atomic E-state index is 12.2. The first kappa shape index (κ1) is 18.3. The van der Waals surface area contributed by atoms with E-state index in [2.05, 4.69) is 15.0 Å². The molecule has 25 heavy (non-hydrogen) atoms. The lowest BCUT2D eigenvalue weighted by molar-refractivity contribution is -0.0498. The van der Waals surface area contributed by atoms with E-state index in [9.17, 15) is 8.78 Å². The van der Waals surface area contributed by atoms with Gasteiger partial charge in [-0.1, -0.05) is 12.1 Å². The number of aliphatic imine (C=N–C) groups is 1. The van der Waals surface area contributed by atoms with Crippen molar-refractivity contribution in [2.75, 3.05) is 19.5 Å². The van der Waals surface area contributed by atoms with E-state index in [-0.39, 0.29) is 18.3 Å². The molecule has 2 aromatic rings. The molecule has 0 atom stereocenters. The molecule has 0 heterocycles. The standard InChI is InChI=1S/C17H19F2N3O3/c1-23-14-7-6-12(9-15(14)24-2)22-17(20)21-10-11-4-3-5-13(8-11)25-16(18)19/h3-9,16H,10H2,1-2H3,(H3,20,21,22). The van der Waals surface area contributed by atoms with Crippen molar-refractivity contribution in [1.82, 2.24) is 0 Å². The third-order valence-corrected chi connectivity index (χ3v) is 3.21. The molecule has 2 rings (SSSR count). The molecule has 0 radical (unpaired) electrons. The van der Waals surface area contributed by atoms with E-state index in [0.29, 0.717) is 22.7 Å². The number of nitrogens with zero attached hydrogens (tertiary/aromatic N) is 1. The van der Waals surface area contributed by atoms with E-state index in [1.54, 1.807) is 37.4 Å². The molecule has 0 unspecified atom stereocenters. The molecule has 0 fully saturated rings. The smallest absolute Gasteiger partial charge is 0.387 e. The lowest BCUT2D eigenvalue weighted by atomic mass is 10.2. The van der Waals surface area contributed by atoms with Crippen LogP contribution in [0, 0.1) is 0 Å². The molecule has 6 nitrogen and oxygen atoms in total. The summed E-state index contributed by atoms with van der Waals surface area (Å²) < 4.78 is 39.2. The monoisotopic (exact) mass is 351 g/mol. The summed E-state index contributed by atoms with van der Waals surface area (Å²) in [7, 11) is 3.08. The summed E-state index contributed by atoms with van der Waals surface area (Å²) in [5.74, 6) is 1.40. The van der Waals surface area contributed by atoms with Gasteiger partial charge in [0, 0.05) is 11.8 Å². The topological polar surface area (TPSA) is 78.1 Å². The second-order valence-electron chi connectivity index (χ2n) is 4.92. The second kappa shape index (κ2) is 8.72. The molecule has 0 saturated heterocycles. The number of halogens is 2. The number of nitrogens with two attached hydrogens (primary N) is 1. The highest BCUT2D eigenvalue weighted by Gasteiger charge is 2.06. The van der Waals surface area contributed by atoms with Crippen LogP contribution in [0.2, 0.25) is 0 Å². The van der Waals surface area contributed by atoms with E-state index in [0.717, 1.165) is 0 Å². The summed E-state index contributed by atoms with van der Waals surface area (Å²) in [6.45, 7) is -2.65. The van der Waals surface area contributed by atoms with E-state index < -0.39 is 6.61 Å². The Bertz CT molecular complexity index is 739. The van der Waals surface area contributed by atoms with Gasteiger partial charge in [0.1, 0.15) is 5.75 Å². The highest BCUT2D eigenvalue weighted by atomic mass is 19.3. The maximum Gasteiger partial charge on any atom is 0.387 e. The minimum absolute atomic E-state index is 0.0779. The van der Waals surface area contributed by atoms with Crippen LogP contribution in [0.25, 0.3) is 0 Å². The molecule has 0 aliphatic rings. The van der Waals surface area contributed by atoms with Crippen molar-refractivity contribution in [3.05, 3.63) is 48.0 Å². The second-order valence-corrected chi connectivity index (χ2v) is 4.92. The van der Waals surface area contributed by atoms with E-state index in [1.165, 1.54) is 19.2 Å². The molecule has 0 spiro atoms. The Morgan fingerprint density at radius 3 is 2.56 bits per heavy atom.